The molecule has 1 aliphatic rings. The Labute approximate surface area is 121 Å². The highest BCUT2D eigenvalue weighted by atomic mass is 35.5. The Bertz CT molecular complexity index is 536. The van der Waals surface area contributed by atoms with Gasteiger partial charge in [0.1, 0.15) is 5.02 Å². The number of nitrogens with one attached hydrogen (secondary N) is 2. The Morgan fingerprint density at radius 3 is 2.90 bits per heavy atom. The fourth-order valence-electron chi connectivity index (χ4n) is 2.35. The number of nitro groups is 1. The van der Waals surface area contributed by atoms with Crippen LogP contribution < -0.4 is 10.6 Å². The maximum atomic E-state index is 12.1. The Morgan fingerprint density at radius 2 is 2.30 bits per heavy atom. The number of halogens is 1. The maximum Gasteiger partial charge on any atom is 0.288 e. The van der Waals surface area contributed by atoms with Crippen molar-refractivity contribution in [3.05, 3.63) is 33.3 Å². The van der Waals surface area contributed by atoms with Crippen LogP contribution in [0.5, 0.6) is 0 Å². The number of hydrogen-bond donors (Lipinski definition) is 2. The molecule has 108 valence electrons. The lowest BCUT2D eigenvalue weighted by atomic mass is 9.92. The second kappa shape index (κ2) is 6.19. The number of rotatable bonds is 3. The molecule has 1 aliphatic heterocycles. The summed E-state index contributed by atoms with van der Waals surface area (Å²) in [5, 5.41) is 16.7. The van der Waals surface area contributed by atoms with Crippen molar-refractivity contribution in [3.8, 4) is 0 Å². The zero-order valence-corrected chi connectivity index (χ0v) is 11.8. The highest BCUT2D eigenvalue weighted by Gasteiger charge is 2.25. The van der Waals surface area contributed by atoms with E-state index in [1.165, 1.54) is 18.2 Å². The van der Waals surface area contributed by atoms with Crippen molar-refractivity contribution in [1.29, 1.82) is 0 Å². The number of nitro benzene ring substituents is 1. The quantitative estimate of drug-likeness (QED) is 0.663. The lowest BCUT2D eigenvalue weighted by molar-refractivity contribution is -0.384. The van der Waals surface area contributed by atoms with Gasteiger partial charge in [0.25, 0.3) is 5.69 Å². The van der Waals surface area contributed by atoms with Crippen LogP contribution in [-0.2, 0) is 4.79 Å². The van der Waals surface area contributed by atoms with E-state index < -0.39 is 4.92 Å². The maximum absolute atomic E-state index is 12.1. The van der Waals surface area contributed by atoms with Gasteiger partial charge < -0.3 is 10.6 Å². The van der Waals surface area contributed by atoms with Gasteiger partial charge in [-0.05, 0) is 38.4 Å². The summed E-state index contributed by atoms with van der Waals surface area (Å²) in [6.07, 6.45) is 1.57. The summed E-state index contributed by atoms with van der Waals surface area (Å²) in [5.74, 6) is -0.108. The zero-order valence-electron chi connectivity index (χ0n) is 11.1. The fraction of sp³-hybridized carbons (Fsp3) is 0.462. The number of benzene rings is 1. The minimum atomic E-state index is -0.553. The molecule has 0 saturated carbocycles. The van der Waals surface area contributed by atoms with Crippen LogP contribution in [0.4, 0.5) is 11.4 Å². The monoisotopic (exact) mass is 297 g/mol. The first kappa shape index (κ1) is 14.7. The lowest BCUT2D eigenvalue weighted by Gasteiger charge is -2.27. The van der Waals surface area contributed by atoms with Crippen molar-refractivity contribution in [1.82, 2.24) is 5.32 Å². The molecule has 20 heavy (non-hydrogen) atoms. The zero-order chi connectivity index (χ0) is 14.7. The highest BCUT2D eigenvalue weighted by Crippen LogP contribution is 2.28. The van der Waals surface area contributed by atoms with Crippen molar-refractivity contribution in [2.24, 2.45) is 5.92 Å². The predicted molar refractivity (Wildman–Crippen MR) is 76.9 cm³/mol. The SMILES string of the molecule is CC1CC(C(=O)Nc2ccc([N+](=O)[O-])c(Cl)c2)CCN1. The van der Waals surface area contributed by atoms with Gasteiger partial charge in [0, 0.05) is 23.7 Å². The molecule has 1 heterocycles. The number of amides is 1. The molecule has 0 aromatic heterocycles. The van der Waals surface area contributed by atoms with Gasteiger partial charge in [-0.15, -0.1) is 0 Å². The first-order valence-corrected chi connectivity index (χ1v) is 6.83. The van der Waals surface area contributed by atoms with Gasteiger partial charge >= 0.3 is 0 Å². The first-order chi connectivity index (χ1) is 9.47. The van der Waals surface area contributed by atoms with Gasteiger partial charge in [-0.1, -0.05) is 11.6 Å². The van der Waals surface area contributed by atoms with Crippen molar-refractivity contribution in [2.75, 3.05) is 11.9 Å². The van der Waals surface area contributed by atoms with Crippen LogP contribution >= 0.6 is 11.6 Å². The van der Waals surface area contributed by atoms with Crippen molar-refractivity contribution < 1.29 is 9.72 Å². The minimum absolute atomic E-state index is 0.0199. The van der Waals surface area contributed by atoms with Gasteiger partial charge in [-0.3, -0.25) is 14.9 Å². The summed E-state index contributed by atoms with van der Waals surface area (Å²) in [6.45, 7) is 2.86. The van der Waals surface area contributed by atoms with E-state index in [1.807, 2.05) is 6.92 Å². The van der Waals surface area contributed by atoms with E-state index >= 15 is 0 Å². The summed E-state index contributed by atoms with van der Waals surface area (Å²) in [6, 6.07) is 4.51. The minimum Gasteiger partial charge on any atom is -0.326 e. The molecule has 0 spiro atoms. The molecule has 0 bridgehead atoms. The van der Waals surface area contributed by atoms with E-state index in [9.17, 15) is 14.9 Å². The standard InChI is InChI=1S/C13H16ClN3O3/c1-8-6-9(4-5-15-8)13(18)16-10-2-3-12(17(19)20)11(14)7-10/h2-3,7-9,15H,4-6H2,1H3,(H,16,18). The van der Waals surface area contributed by atoms with Crippen molar-refractivity contribution >= 4 is 28.9 Å². The molecule has 7 heteroatoms. The number of piperidine rings is 1. The molecule has 2 rings (SSSR count). The summed E-state index contributed by atoms with van der Waals surface area (Å²) in [4.78, 5) is 22.2. The smallest absolute Gasteiger partial charge is 0.288 e. The van der Waals surface area contributed by atoms with E-state index in [4.69, 9.17) is 11.6 Å². The Morgan fingerprint density at radius 1 is 1.55 bits per heavy atom. The predicted octanol–water partition coefficient (Wildman–Crippen LogP) is 2.57. The first-order valence-electron chi connectivity index (χ1n) is 6.45. The lowest BCUT2D eigenvalue weighted by Crippen LogP contribution is -2.40. The van der Waals surface area contributed by atoms with Crippen LogP contribution in [0.25, 0.3) is 0 Å². The second-order valence-electron chi connectivity index (χ2n) is 4.99. The summed E-state index contributed by atoms with van der Waals surface area (Å²) < 4.78 is 0. The molecule has 1 saturated heterocycles. The van der Waals surface area contributed by atoms with Gasteiger partial charge in [0.05, 0.1) is 4.92 Å². The molecule has 1 fully saturated rings. The molecule has 1 aromatic carbocycles. The van der Waals surface area contributed by atoms with E-state index in [-0.39, 0.29) is 22.5 Å². The van der Waals surface area contributed by atoms with E-state index in [1.54, 1.807) is 0 Å². The van der Waals surface area contributed by atoms with Crippen LogP contribution in [-0.4, -0.2) is 23.4 Å². The summed E-state index contributed by atoms with van der Waals surface area (Å²) >= 11 is 5.81. The van der Waals surface area contributed by atoms with Gasteiger partial charge in [-0.2, -0.15) is 0 Å². The largest absolute Gasteiger partial charge is 0.326 e. The van der Waals surface area contributed by atoms with E-state index in [0.29, 0.717) is 11.7 Å². The Balaban J connectivity index is 2.04. The van der Waals surface area contributed by atoms with Crippen LogP contribution in [0.15, 0.2) is 18.2 Å². The molecular weight excluding hydrogens is 282 g/mol. The third-order valence-electron chi connectivity index (χ3n) is 3.41. The van der Waals surface area contributed by atoms with Crippen LogP contribution in [0.2, 0.25) is 5.02 Å². The molecule has 0 radical (unpaired) electrons. The molecular formula is C13H16ClN3O3. The summed E-state index contributed by atoms with van der Waals surface area (Å²) in [7, 11) is 0. The molecule has 6 nitrogen and oxygen atoms in total. The highest BCUT2D eigenvalue weighted by molar-refractivity contribution is 6.33. The second-order valence-corrected chi connectivity index (χ2v) is 5.40. The third kappa shape index (κ3) is 3.46. The number of anilines is 1. The van der Waals surface area contributed by atoms with Gasteiger partial charge in [0.2, 0.25) is 5.91 Å². The Hall–Kier alpha value is -1.66. The molecule has 2 N–H and O–H groups in total. The molecule has 1 aromatic rings. The van der Waals surface area contributed by atoms with Crippen LogP contribution in [0.3, 0.4) is 0 Å². The number of nitrogens with zero attached hydrogens (tertiary/aromatic N) is 1. The third-order valence-corrected chi connectivity index (χ3v) is 3.71. The van der Waals surface area contributed by atoms with Crippen LogP contribution in [0, 0.1) is 16.0 Å². The molecule has 1 amide bonds. The topological polar surface area (TPSA) is 84.3 Å². The van der Waals surface area contributed by atoms with E-state index in [2.05, 4.69) is 10.6 Å². The number of carbonyl (C=O) groups is 1. The number of carbonyl (C=O) groups excluding carboxylic acids is 1. The molecule has 2 atom stereocenters. The summed E-state index contributed by atoms with van der Waals surface area (Å²) in [5.41, 5.74) is 0.317. The van der Waals surface area contributed by atoms with Gasteiger partial charge in [-0.25, -0.2) is 0 Å². The number of hydrogen-bond acceptors (Lipinski definition) is 4. The molecule has 2 unspecified atom stereocenters. The normalized spacial score (nSPS) is 22.3. The average molecular weight is 298 g/mol. The molecule has 0 aliphatic carbocycles. The fourth-order valence-corrected chi connectivity index (χ4v) is 2.60. The van der Waals surface area contributed by atoms with Crippen LogP contribution in [0.1, 0.15) is 19.8 Å². The van der Waals surface area contributed by atoms with Crippen molar-refractivity contribution in [3.63, 3.8) is 0 Å². The van der Waals surface area contributed by atoms with Crippen molar-refractivity contribution in [2.45, 2.75) is 25.8 Å². The average Bonchev–Trinajstić information content (AvgIpc) is 2.38. The Kier molecular flexibility index (Phi) is 4.57. The van der Waals surface area contributed by atoms with Gasteiger partial charge in [0.15, 0.2) is 0 Å². The van der Waals surface area contributed by atoms with E-state index in [0.717, 1.165) is 19.4 Å².